The molecular weight excluding hydrogens is 318 g/mol. The molecule has 23 heavy (non-hydrogen) atoms. The highest BCUT2D eigenvalue weighted by atomic mass is 32.2. The van der Waals surface area contributed by atoms with Crippen LogP contribution in [0.3, 0.4) is 0 Å². The smallest absolute Gasteiger partial charge is 0.338 e. The Labute approximate surface area is 142 Å². The lowest BCUT2D eigenvalue weighted by Gasteiger charge is -2.17. The van der Waals surface area contributed by atoms with Gasteiger partial charge in [0.15, 0.2) is 18.0 Å². The van der Waals surface area contributed by atoms with Crippen LogP contribution < -0.4 is 5.32 Å². The second-order valence-electron chi connectivity index (χ2n) is 5.97. The van der Waals surface area contributed by atoms with Crippen LogP contribution in [0.4, 0.5) is 0 Å². The molecule has 0 saturated carbocycles. The molecule has 1 fully saturated rings. The van der Waals surface area contributed by atoms with Crippen molar-refractivity contribution in [2.45, 2.75) is 58.3 Å². The van der Waals surface area contributed by atoms with E-state index in [2.05, 4.69) is 19.2 Å². The minimum atomic E-state index is -0.832. The van der Waals surface area contributed by atoms with Crippen LogP contribution in [0, 0.1) is 5.92 Å². The van der Waals surface area contributed by atoms with Gasteiger partial charge in [-0.05, 0) is 37.7 Å². The molecule has 0 spiro atoms. The topological polar surface area (TPSA) is 85.0 Å². The van der Waals surface area contributed by atoms with Crippen LogP contribution in [0.2, 0.25) is 0 Å². The van der Waals surface area contributed by atoms with Crippen molar-refractivity contribution in [3.05, 3.63) is 0 Å². The fourth-order valence-corrected chi connectivity index (χ4v) is 2.60. The molecule has 0 aliphatic carbocycles. The highest BCUT2D eigenvalue weighted by Gasteiger charge is 2.52. The number of carbonyl (C=O) groups excluding carboxylic acids is 3. The molecule has 0 aromatic rings. The van der Waals surface area contributed by atoms with Gasteiger partial charge in [-0.2, -0.15) is 11.8 Å². The fraction of sp³-hybridized carbons (Fsp3) is 0.812. The molecule has 0 aromatic heterocycles. The highest BCUT2D eigenvalue weighted by molar-refractivity contribution is 7.98. The van der Waals surface area contributed by atoms with E-state index in [0.717, 1.165) is 12.2 Å². The van der Waals surface area contributed by atoms with Crippen LogP contribution in [0.1, 0.15) is 40.0 Å². The van der Waals surface area contributed by atoms with Gasteiger partial charge < -0.3 is 14.8 Å². The Morgan fingerprint density at radius 1 is 1.22 bits per heavy atom. The summed E-state index contributed by atoms with van der Waals surface area (Å²) in [5, 5.41) is 2.73. The van der Waals surface area contributed by atoms with Crippen molar-refractivity contribution < 1.29 is 23.9 Å². The Bertz CT molecular complexity index is 427. The average molecular weight is 345 g/mol. The molecule has 1 amide bonds. The first-order valence-electron chi connectivity index (χ1n) is 8.04. The normalized spacial score (nSPS) is 20.9. The zero-order valence-corrected chi connectivity index (χ0v) is 15.1. The van der Waals surface area contributed by atoms with Crippen LogP contribution >= 0.6 is 11.8 Å². The maximum atomic E-state index is 12.3. The van der Waals surface area contributed by atoms with Gasteiger partial charge in [-0.15, -0.1) is 0 Å². The quantitative estimate of drug-likeness (QED) is 0.452. The van der Waals surface area contributed by atoms with Crippen molar-refractivity contribution >= 4 is 29.4 Å². The molecule has 3 atom stereocenters. The summed E-state index contributed by atoms with van der Waals surface area (Å²) in [7, 11) is 0. The summed E-state index contributed by atoms with van der Waals surface area (Å²) >= 11 is 1.63. The van der Waals surface area contributed by atoms with E-state index < -0.39 is 30.1 Å². The van der Waals surface area contributed by atoms with Crippen molar-refractivity contribution in [2.75, 3.05) is 18.6 Å². The SMILES string of the molecule is CCOC(=O)[C@H]1O[C@@H]1C(=O)N[C@@H](CCSC)C(=O)CCC(C)C. The summed E-state index contributed by atoms with van der Waals surface area (Å²) in [6.07, 6.45) is 2.13. The lowest BCUT2D eigenvalue weighted by Crippen LogP contribution is -2.44. The molecule has 1 heterocycles. The first-order chi connectivity index (χ1) is 10.9. The highest BCUT2D eigenvalue weighted by Crippen LogP contribution is 2.24. The number of thioether (sulfide) groups is 1. The third kappa shape index (κ3) is 6.91. The number of esters is 1. The maximum absolute atomic E-state index is 12.3. The lowest BCUT2D eigenvalue weighted by molar-refractivity contribution is -0.144. The molecule has 7 heteroatoms. The van der Waals surface area contributed by atoms with Gasteiger partial charge in [-0.25, -0.2) is 4.79 Å². The van der Waals surface area contributed by atoms with Crippen molar-refractivity contribution in [2.24, 2.45) is 5.92 Å². The number of hydrogen-bond donors (Lipinski definition) is 1. The van der Waals surface area contributed by atoms with E-state index in [1.54, 1.807) is 18.7 Å². The number of epoxide rings is 1. The third-order valence-corrected chi connectivity index (χ3v) is 4.20. The number of nitrogens with one attached hydrogen (secondary N) is 1. The monoisotopic (exact) mass is 345 g/mol. The van der Waals surface area contributed by atoms with E-state index in [-0.39, 0.29) is 12.4 Å². The predicted molar refractivity (Wildman–Crippen MR) is 89.3 cm³/mol. The molecular formula is C16H27NO5S. The zero-order chi connectivity index (χ0) is 17.4. The number of amides is 1. The summed E-state index contributed by atoms with van der Waals surface area (Å²) in [5.41, 5.74) is 0. The molecule has 0 bridgehead atoms. The summed E-state index contributed by atoms with van der Waals surface area (Å²) < 4.78 is 9.89. The lowest BCUT2D eigenvalue weighted by atomic mass is 10.00. The number of hydrogen-bond acceptors (Lipinski definition) is 6. The van der Waals surface area contributed by atoms with Gasteiger partial charge in [0.2, 0.25) is 0 Å². The first kappa shape index (κ1) is 20.0. The second-order valence-corrected chi connectivity index (χ2v) is 6.96. The molecule has 0 unspecified atom stereocenters. The van der Waals surface area contributed by atoms with Gasteiger partial charge in [0.1, 0.15) is 0 Å². The van der Waals surface area contributed by atoms with E-state index in [0.29, 0.717) is 18.8 Å². The molecule has 0 radical (unpaired) electrons. The number of ether oxygens (including phenoxy) is 2. The van der Waals surface area contributed by atoms with Crippen molar-refractivity contribution in [3.8, 4) is 0 Å². The van der Waals surface area contributed by atoms with Gasteiger partial charge in [0, 0.05) is 6.42 Å². The zero-order valence-electron chi connectivity index (χ0n) is 14.3. The number of ketones is 1. The van der Waals surface area contributed by atoms with Gasteiger partial charge >= 0.3 is 5.97 Å². The molecule has 1 rings (SSSR count). The summed E-state index contributed by atoms with van der Waals surface area (Å²) in [6, 6.07) is -0.513. The Balaban J connectivity index is 2.51. The molecule has 6 nitrogen and oxygen atoms in total. The Morgan fingerprint density at radius 3 is 2.48 bits per heavy atom. The standard InChI is InChI=1S/C16H27NO5S/c1-5-21-16(20)14-13(22-14)15(19)17-11(8-9-23-4)12(18)7-6-10(2)3/h10-11,13-14H,5-9H2,1-4H3,(H,17,19)/t11-,13-,14-/m0/s1. The number of Topliss-reactive ketones (excluding diaryl/α,β-unsaturated/α-hetero) is 1. The van der Waals surface area contributed by atoms with Crippen molar-refractivity contribution in [1.82, 2.24) is 5.32 Å². The van der Waals surface area contributed by atoms with Crippen LogP contribution in [0.5, 0.6) is 0 Å². The minimum Gasteiger partial charge on any atom is -0.464 e. The summed E-state index contributed by atoms with van der Waals surface area (Å²) in [6.45, 7) is 6.06. The van der Waals surface area contributed by atoms with Gasteiger partial charge in [-0.1, -0.05) is 13.8 Å². The fourth-order valence-electron chi connectivity index (χ4n) is 2.12. The first-order valence-corrected chi connectivity index (χ1v) is 9.44. The molecule has 1 aliphatic heterocycles. The van der Waals surface area contributed by atoms with Crippen LogP contribution in [-0.2, 0) is 23.9 Å². The molecule has 1 N–H and O–H groups in total. The Hall–Kier alpha value is -1.08. The summed E-state index contributed by atoms with van der Waals surface area (Å²) in [4.78, 5) is 35.9. The maximum Gasteiger partial charge on any atom is 0.338 e. The van der Waals surface area contributed by atoms with Crippen LogP contribution in [-0.4, -0.2) is 54.5 Å². The van der Waals surface area contributed by atoms with E-state index in [9.17, 15) is 14.4 Å². The Kier molecular flexibility index (Phi) is 8.62. The van der Waals surface area contributed by atoms with E-state index in [1.165, 1.54) is 0 Å². The third-order valence-electron chi connectivity index (χ3n) is 3.55. The molecule has 1 saturated heterocycles. The summed E-state index contributed by atoms with van der Waals surface area (Å²) in [5.74, 6) is 0.322. The van der Waals surface area contributed by atoms with Crippen molar-refractivity contribution in [1.29, 1.82) is 0 Å². The number of carbonyl (C=O) groups is 3. The van der Waals surface area contributed by atoms with E-state index in [4.69, 9.17) is 9.47 Å². The van der Waals surface area contributed by atoms with E-state index in [1.807, 2.05) is 6.26 Å². The Morgan fingerprint density at radius 2 is 1.91 bits per heavy atom. The molecule has 0 aromatic carbocycles. The van der Waals surface area contributed by atoms with Gasteiger partial charge in [0.25, 0.3) is 5.91 Å². The minimum absolute atomic E-state index is 0.0365. The average Bonchev–Trinajstić information content (AvgIpc) is 3.29. The predicted octanol–water partition coefficient (Wildman–Crippen LogP) is 1.56. The van der Waals surface area contributed by atoms with Gasteiger partial charge in [-0.3, -0.25) is 9.59 Å². The van der Waals surface area contributed by atoms with Crippen LogP contribution in [0.25, 0.3) is 0 Å². The van der Waals surface area contributed by atoms with Crippen molar-refractivity contribution in [3.63, 3.8) is 0 Å². The van der Waals surface area contributed by atoms with E-state index >= 15 is 0 Å². The molecule has 132 valence electrons. The number of rotatable bonds is 11. The largest absolute Gasteiger partial charge is 0.464 e. The van der Waals surface area contributed by atoms with Crippen LogP contribution in [0.15, 0.2) is 0 Å². The second kappa shape index (κ2) is 9.93. The van der Waals surface area contributed by atoms with Gasteiger partial charge in [0.05, 0.1) is 12.6 Å². The molecule has 1 aliphatic rings.